The van der Waals surface area contributed by atoms with E-state index < -0.39 is 23.4 Å². The largest absolute Gasteiger partial charge is 0.491 e. The topological polar surface area (TPSA) is 54.5 Å². The minimum atomic E-state index is -0.916. The van der Waals surface area contributed by atoms with Crippen LogP contribution in [0.4, 0.5) is 19.3 Å². The second kappa shape index (κ2) is 6.90. The van der Waals surface area contributed by atoms with Crippen molar-refractivity contribution in [3.8, 4) is 5.75 Å². The van der Waals surface area contributed by atoms with Gasteiger partial charge in [0.1, 0.15) is 11.5 Å². The van der Waals surface area contributed by atoms with E-state index in [2.05, 4.69) is 10.3 Å². The van der Waals surface area contributed by atoms with Gasteiger partial charge in [-0.2, -0.15) is 0 Å². The zero-order valence-corrected chi connectivity index (χ0v) is 14.9. The fourth-order valence-corrected chi connectivity index (χ4v) is 3.39. The molecule has 1 saturated heterocycles. The number of carbonyl (C=O) groups is 1. The first kappa shape index (κ1) is 18.1. The minimum absolute atomic E-state index is 0.0983. The summed E-state index contributed by atoms with van der Waals surface area (Å²) in [5.41, 5.74) is 0.276. The van der Waals surface area contributed by atoms with Gasteiger partial charge in [0.15, 0.2) is 11.6 Å². The third-order valence-electron chi connectivity index (χ3n) is 4.50. The number of hydrogen-bond donors (Lipinski definition) is 1. The Hall–Kier alpha value is -2.70. The number of ether oxygens (including phenoxy) is 1. The number of aromatic nitrogens is 1. The molecule has 0 radical (unpaired) electrons. The van der Waals surface area contributed by atoms with Gasteiger partial charge in [-0.15, -0.1) is 0 Å². The quantitative estimate of drug-likeness (QED) is 0.880. The highest BCUT2D eigenvalue weighted by molar-refractivity contribution is 5.91. The van der Waals surface area contributed by atoms with Crippen LogP contribution in [0.3, 0.4) is 0 Å². The first-order valence-corrected chi connectivity index (χ1v) is 8.43. The summed E-state index contributed by atoms with van der Waals surface area (Å²) in [5.74, 6) is -1.86. The highest BCUT2D eigenvalue weighted by atomic mass is 19.1. The molecule has 1 aromatic carbocycles. The lowest BCUT2D eigenvalue weighted by atomic mass is 9.72. The summed E-state index contributed by atoms with van der Waals surface area (Å²) in [7, 11) is 0. The monoisotopic (exact) mass is 361 g/mol. The normalized spacial score (nSPS) is 18.2. The highest BCUT2D eigenvalue weighted by Gasteiger charge is 2.49. The third kappa shape index (κ3) is 3.21. The van der Waals surface area contributed by atoms with Gasteiger partial charge < -0.3 is 15.0 Å². The Morgan fingerprint density at radius 3 is 2.62 bits per heavy atom. The first-order valence-electron chi connectivity index (χ1n) is 8.43. The number of hydrogen-bond acceptors (Lipinski definition) is 3. The summed E-state index contributed by atoms with van der Waals surface area (Å²) in [5, 5.41) is 2.36. The number of amides is 2. The van der Waals surface area contributed by atoms with Gasteiger partial charge in [0.25, 0.3) is 0 Å². The summed E-state index contributed by atoms with van der Waals surface area (Å²) in [6.45, 7) is 6.49. The molecule has 0 bridgehead atoms. The predicted octanol–water partition coefficient (Wildman–Crippen LogP) is 4.37. The van der Waals surface area contributed by atoms with Crippen molar-refractivity contribution >= 4 is 11.7 Å². The Morgan fingerprint density at radius 1 is 1.31 bits per heavy atom. The molecule has 26 heavy (non-hydrogen) atoms. The highest BCUT2D eigenvalue weighted by Crippen LogP contribution is 2.48. The van der Waals surface area contributed by atoms with E-state index in [1.54, 1.807) is 24.2 Å². The Morgan fingerprint density at radius 2 is 2.00 bits per heavy atom. The third-order valence-corrected chi connectivity index (χ3v) is 4.50. The van der Waals surface area contributed by atoms with E-state index in [9.17, 15) is 13.6 Å². The maximum atomic E-state index is 14.4. The van der Waals surface area contributed by atoms with E-state index in [4.69, 9.17) is 4.74 Å². The number of urea groups is 1. The Labute approximate surface area is 151 Å². The van der Waals surface area contributed by atoms with Gasteiger partial charge in [-0.1, -0.05) is 13.8 Å². The average molecular weight is 361 g/mol. The molecule has 1 unspecified atom stereocenters. The van der Waals surface area contributed by atoms with Crippen molar-refractivity contribution in [3.05, 3.63) is 53.9 Å². The molecule has 1 fully saturated rings. The van der Waals surface area contributed by atoms with Gasteiger partial charge in [-0.3, -0.25) is 4.98 Å². The van der Waals surface area contributed by atoms with Gasteiger partial charge >= 0.3 is 6.03 Å². The van der Waals surface area contributed by atoms with Crippen LogP contribution in [0, 0.1) is 17.0 Å². The lowest BCUT2D eigenvalue weighted by molar-refractivity contribution is -0.0116. The van der Waals surface area contributed by atoms with Crippen molar-refractivity contribution in [2.75, 3.05) is 18.5 Å². The number of anilines is 1. The number of pyridine rings is 1. The summed E-state index contributed by atoms with van der Waals surface area (Å²) >= 11 is 0. The van der Waals surface area contributed by atoms with Crippen molar-refractivity contribution in [2.24, 2.45) is 5.41 Å². The molecule has 138 valence electrons. The van der Waals surface area contributed by atoms with Crippen LogP contribution >= 0.6 is 0 Å². The van der Waals surface area contributed by atoms with E-state index in [0.29, 0.717) is 6.54 Å². The standard InChI is InChI=1S/C19H21F2N3O2/c1-4-26-14-6-5-13(20)16(15(14)21)23-18(25)24-11-19(2,3)17(24)12-7-9-22-10-8-12/h5-10,17H,4,11H2,1-3H3,(H,23,25). The Bertz CT molecular complexity index is 812. The predicted molar refractivity (Wildman–Crippen MR) is 94.0 cm³/mol. The second-order valence-electron chi connectivity index (χ2n) is 6.90. The molecule has 1 N–H and O–H groups in total. The second-order valence-corrected chi connectivity index (χ2v) is 6.90. The molecule has 1 aliphatic heterocycles. The number of nitrogens with one attached hydrogen (secondary N) is 1. The molecule has 0 aliphatic carbocycles. The van der Waals surface area contributed by atoms with E-state index in [1.165, 1.54) is 6.07 Å². The van der Waals surface area contributed by atoms with Crippen LogP contribution in [0.25, 0.3) is 0 Å². The van der Waals surface area contributed by atoms with Crippen LogP contribution in [-0.4, -0.2) is 29.1 Å². The summed E-state index contributed by atoms with van der Waals surface area (Å²) in [4.78, 5) is 18.2. The molecule has 0 spiro atoms. The molecular weight excluding hydrogens is 340 g/mol. The number of rotatable bonds is 4. The number of nitrogens with zero attached hydrogens (tertiary/aromatic N) is 2. The molecule has 1 atom stereocenters. The summed E-state index contributed by atoms with van der Waals surface area (Å²) in [6, 6.07) is 5.19. The molecule has 3 rings (SSSR count). The van der Waals surface area contributed by atoms with Crippen LogP contribution in [0.5, 0.6) is 5.75 Å². The van der Waals surface area contributed by atoms with Crippen molar-refractivity contribution in [2.45, 2.75) is 26.8 Å². The number of benzene rings is 1. The van der Waals surface area contributed by atoms with Crippen molar-refractivity contribution in [3.63, 3.8) is 0 Å². The van der Waals surface area contributed by atoms with Gasteiger partial charge in [0.2, 0.25) is 0 Å². The molecule has 0 saturated carbocycles. The maximum absolute atomic E-state index is 14.4. The maximum Gasteiger partial charge on any atom is 0.322 e. The fraction of sp³-hybridized carbons (Fsp3) is 0.368. The van der Waals surface area contributed by atoms with Crippen LogP contribution in [0.2, 0.25) is 0 Å². The number of halogens is 2. The summed E-state index contributed by atoms with van der Waals surface area (Å²) < 4.78 is 33.6. The average Bonchev–Trinajstić information content (AvgIpc) is 2.60. The van der Waals surface area contributed by atoms with Crippen molar-refractivity contribution < 1.29 is 18.3 Å². The van der Waals surface area contributed by atoms with Crippen molar-refractivity contribution in [1.29, 1.82) is 0 Å². The van der Waals surface area contributed by atoms with Crippen LogP contribution in [0.15, 0.2) is 36.7 Å². The zero-order chi connectivity index (χ0) is 18.9. The van der Waals surface area contributed by atoms with Gasteiger partial charge in [-0.25, -0.2) is 13.6 Å². The van der Waals surface area contributed by atoms with Crippen LogP contribution < -0.4 is 10.1 Å². The van der Waals surface area contributed by atoms with E-state index in [0.717, 1.165) is 11.6 Å². The Kier molecular flexibility index (Phi) is 4.80. The van der Waals surface area contributed by atoms with Gasteiger partial charge in [0, 0.05) is 24.4 Å². The number of carbonyl (C=O) groups excluding carboxylic acids is 1. The first-order chi connectivity index (χ1) is 12.3. The molecule has 5 nitrogen and oxygen atoms in total. The summed E-state index contributed by atoms with van der Waals surface area (Å²) in [6.07, 6.45) is 3.31. The van der Waals surface area contributed by atoms with Gasteiger partial charge in [-0.05, 0) is 36.8 Å². The molecule has 2 aromatic rings. The van der Waals surface area contributed by atoms with Gasteiger partial charge in [0.05, 0.1) is 12.6 Å². The molecule has 2 heterocycles. The van der Waals surface area contributed by atoms with E-state index in [1.807, 2.05) is 26.0 Å². The Balaban J connectivity index is 1.84. The van der Waals surface area contributed by atoms with Crippen molar-refractivity contribution in [1.82, 2.24) is 9.88 Å². The molecule has 1 aromatic heterocycles. The fourth-order valence-electron chi connectivity index (χ4n) is 3.39. The minimum Gasteiger partial charge on any atom is -0.491 e. The molecule has 1 aliphatic rings. The molecule has 2 amide bonds. The van der Waals surface area contributed by atoms with E-state index in [-0.39, 0.29) is 23.8 Å². The zero-order valence-electron chi connectivity index (χ0n) is 14.9. The number of likely N-dealkylation sites (tertiary alicyclic amines) is 1. The van der Waals surface area contributed by atoms with Crippen LogP contribution in [0.1, 0.15) is 32.4 Å². The smallest absolute Gasteiger partial charge is 0.322 e. The van der Waals surface area contributed by atoms with E-state index >= 15 is 0 Å². The van der Waals surface area contributed by atoms with Crippen LogP contribution in [-0.2, 0) is 0 Å². The molecular formula is C19H21F2N3O2. The lowest BCUT2D eigenvalue weighted by Crippen LogP contribution is -2.59. The molecule has 7 heteroatoms. The lowest BCUT2D eigenvalue weighted by Gasteiger charge is -2.54. The SMILES string of the molecule is CCOc1ccc(F)c(NC(=O)N2CC(C)(C)C2c2ccncc2)c1F.